The summed E-state index contributed by atoms with van der Waals surface area (Å²) in [4.78, 5) is 14.5. The number of alkyl halides is 2. The van der Waals surface area contributed by atoms with Crippen molar-refractivity contribution >= 4 is 17.6 Å². The topological polar surface area (TPSA) is 63.0 Å². The predicted octanol–water partition coefficient (Wildman–Crippen LogP) is 2.26. The molecule has 4 nitrogen and oxygen atoms in total. The molecule has 0 amide bonds. The molecular formula is C10H7ClF2N2O2. The molecule has 0 saturated heterocycles. The second kappa shape index (κ2) is 5.55. The highest BCUT2D eigenvalue weighted by Gasteiger charge is 2.22. The Morgan fingerprint density at radius 1 is 1.71 bits per heavy atom. The molecule has 0 fully saturated rings. The van der Waals surface area contributed by atoms with E-state index in [4.69, 9.17) is 16.9 Å². The number of halogens is 3. The van der Waals surface area contributed by atoms with Gasteiger partial charge in [-0.15, -0.1) is 0 Å². The van der Waals surface area contributed by atoms with Crippen molar-refractivity contribution < 1.29 is 18.3 Å². The van der Waals surface area contributed by atoms with E-state index in [2.05, 4.69) is 9.72 Å². The van der Waals surface area contributed by atoms with E-state index in [0.717, 1.165) is 13.3 Å². The van der Waals surface area contributed by atoms with Gasteiger partial charge in [0.25, 0.3) is 6.43 Å². The molecule has 0 spiro atoms. The van der Waals surface area contributed by atoms with Crippen molar-refractivity contribution in [2.45, 2.75) is 12.8 Å². The van der Waals surface area contributed by atoms with Gasteiger partial charge in [-0.1, -0.05) is 11.6 Å². The minimum atomic E-state index is -2.89. The molecule has 0 bridgehead atoms. The molecule has 0 N–H and O–H groups in total. The third kappa shape index (κ3) is 2.88. The van der Waals surface area contributed by atoms with Crippen LogP contribution in [-0.4, -0.2) is 18.1 Å². The van der Waals surface area contributed by atoms with Crippen LogP contribution in [0.5, 0.6) is 0 Å². The molecule has 0 aromatic carbocycles. The molecule has 0 aliphatic carbocycles. The normalized spacial score (nSPS) is 10.1. The van der Waals surface area contributed by atoms with Gasteiger partial charge in [-0.2, -0.15) is 5.26 Å². The molecule has 0 aliphatic heterocycles. The van der Waals surface area contributed by atoms with Gasteiger partial charge in [0, 0.05) is 11.8 Å². The Morgan fingerprint density at radius 2 is 2.35 bits per heavy atom. The van der Waals surface area contributed by atoms with Crippen LogP contribution in [0.25, 0.3) is 0 Å². The Morgan fingerprint density at radius 3 is 2.82 bits per heavy atom. The number of pyridine rings is 1. The minimum absolute atomic E-state index is 0.0733. The number of aromatic nitrogens is 1. The van der Waals surface area contributed by atoms with Crippen molar-refractivity contribution in [3.05, 3.63) is 28.0 Å². The number of nitrogens with zero attached hydrogens (tertiary/aromatic N) is 2. The lowest BCUT2D eigenvalue weighted by atomic mass is 10.0. The Hall–Kier alpha value is -1.74. The molecule has 0 radical (unpaired) electrons. The molecule has 7 heteroatoms. The van der Waals surface area contributed by atoms with E-state index < -0.39 is 24.5 Å². The van der Waals surface area contributed by atoms with Crippen LogP contribution in [0.1, 0.15) is 23.2 Å². The van der Waals surface area contributed by atoms with Gasteiger partial charge in [0.15, 0.2) is 0 Å². The smallest absolute Gasteiger partial charge is 0.310 e. The molecule has 0 aliphatic rings. The van der Waals surface area contributed by atoms with Crippen LogP contribution in [0, 0.1) is 11.3 Å². The summed E-state index contributed by atoms with van der Waals surface area (Å²) < 4.78 is 29.7. The largest absolute Gasteiger partial charge is 0.469 e. The summed E-state index contributed by atoms with van der Waals surface area (Å²) in [6.07, 6.45) is -2.39. The van der Waals surface area contributed by atoms with Crippen LogP contribution < -0.4 is 0 Å². The Kier molecular flexibility index (Phi) is 4.35. The SMILES string of the molecule is COC(=O)Cc1c(C(F)F)ncc(Cl)c1C#N. The van der Waals surface area contributed by atoms with E-state index in [-0.39, 0.29) is 16.1 Å². The highest BCUT2D eigenvalue weighted by molar-refractivity contribution is 6.31. The van der Waals surface area contributed by atoms with Gasteiger partial charge >= 0.3 is 5.97 Å². The molecule has 0 saturated carbocycles. The van der Waals surface area contributed by atoms with Crippen molar-refractivity contribution in [1.82, 2.24) is 4.98 Å². The molecular weight excluding hydrogens is 254 g/mol. The van der Waals surface area contributed by atoms with Crippen LogP contribution in [0.4, 0.5) is 8.78 Å². The fourth-order valence-electron chi connectivity index (χ4n) is 1.25. The lowest BCUT2D eigenvalue weighted by molar-refractivity contribution is -0.139. The Bertz CT molecular complexity index is 486. The van der Waals surface area contributed by atoms with Crippen molar-refractivity contribution in [2.75, 3.05) is 7.11 Å². The van der Waals surface area contributed by atoms with E-state index in [1.54, 1.807) is 6.07 Å². The van der Waals surface area contributed by atoms with Crippen LogP contribution in [0.3, 0.4) is 0 Å². The van der Waals surface area contributed by atoms with Crippen LogP contribution >= 0.6 is 11.6 Å². The molecule has 0 atom stereocenters. The summed E-state index contributed by atoms with van der Waals surface area (Å²) in [5.74, 6) is -0.743. The molecule has 0 unspecified atom stereocenters. The Balaban J connectivity index is 3.35. The molecule has 1 aromatic rings. The van der Waals surface area contributed by atoms with Gasteiger partial charge < -0.3 is 4.74 Å². The number of esters is 1. The van der Waals surface area contributed by atoms with Crippen molar-refractivity contribution in [2.24, 2.45) is 0 Å². The van der Waals surface area contributed by atoms with Crippen LogP contribution in [0.2, 0.25) is 5.02 Å². The number of carbonyl (C=O) groups excluding carboxylic acids is 1. The summed E-state index contributed by atoms with van der Waals surface area (Å²) in [6.45, 7) is 0. The number of nitriles is 1. The van der Waals surface area contributed by atoms with E-state index >= 15 is 0 Å². The van der Waals surface area contributed by atoms with Crippen LogP contribution in [0.15, 0.2) is 6.20 Å². The quantitative estimate of drug-likeness (QED) is 0.782. The van der Waals surface area contributed by atoms with Crippen molar-refractivity contribution in [3.63, 3.8) is 0 Å². The van der Waals surface area contributed by atoms with Crippen LogP contribution in [-0.2, 0) is 16.0 Å². The number of rotatable bonds is 3. The minimum Gasteiger partial charge on any atom is -0.469 e. The average molecular weight is 261 g/mol. The van der Waals surface area contributed by atoms with Crippen molar-refractivity contribution in [1.29, 1.82) is 5.26 Å². The fraction of sp³-hybridized carbons (Fsp3) is 0.300. The molecule has 1 aromatic heterocycles. The van der Waals surface area contributed by atoms with E-state index in [1.807, 2.05) is 0 Å². The summed E-state index contributed by atoms with van der Waals surface area (Å²) in [6, 6.07) is 1.68. The first-order chi connectivity index (χ1) is 8.01. The zero-order valence-corrected chi connectivity index (χ0v) is 9.46. The fourth-order valence-corrected chi connectivity index (χ4v) is 1.45. The van der Waals surface area contributed by atoms with E-state index in [0.29, 0.717) is 0 Å². The number of hydrogen-bond donors (Lipinski definition) is 0. The third-order valence-electron chi connectivity index (χ3n) is 2.03. The maximum absolute atomic E-state index is 12.7. The molecule has 90 valence electrons. The summed E-state index contributed by atoms with van der Waals surface area (Å²) in [7, 11) is 1.12. The first-order valence-electron chi connectivity index (χ1n) is 4.43. The number of methoxy groups -OCH3 is 1. The molecule has 1 rings (SSSR count). The van der Waals surface area contributed by atoms with Gasteiger partial charge in [0.1, 0.15) is 11.8 Å². The van der Waals surface area contributed by atoms with Gasteiger partial charge in [0.2, 0.25) is 0 Å². The average Bonchev–Trinajstić information content (AvgIpc) is 2.28. The lowest BCUT2D eigenvalue weighted by Crippen LogP contribution is -2.11. The highest BCUT2D eigenvalue weighted by atomic mass is 35.5. The Labute approximate surface area is 101 Å². The summed E-state index contributed by atoms with van der Waals surface area (Å²) >= 11 is 5.65. The van der Waals surface area contributed by atoms with Crippen molar-refractivity contribution in [3.8, 4) is 6.07 Å². The maximum Gasteiger partial charge on any atom is 0.310 e. The number of ether oxygens (including phenoxy) is 1. The third-order valence-corrected chi connectivity index (χ3v) is 2.32. The first kappa shape index (κ1) is 13.3. The second-order valence-electron chi connectivity index (χ2n) is 3.01. The summed E-state index contributed by atoms with van der Waals surface area (Å²) in [5, 5.41) is 8.76. The molecule has 1 heterocycles. The standard InChI is InChI=1S/C10H7ClF2N2O2/c1-17-8(16)2-5-6(3-14)7(11)4-15-9(5)10(12)13/h4,10H,2H2,1H3. The number of carbonyl (C=O) groups is 1. The monoisotopic (exact) mass is 260 g/mol. The van der Waals surface area contributed by atoms with Gasteiger partial charge in [-0.3, -0.25) is 9.78 Å². The first-order valence-corrected chi connectivity index (χ1v) is 4.81. The predicted molar refractivity (Wildman–Crippen MR) is 54.6 cm³/mol. The highest BCUT2D eigenvalue weighted by Crippen LogP contribution is 2.28. The zero-order valence-electron chi connectivity index (χ0n) is 8.71. The van der Waals surface area contributed by atoms with E-state index in [1.165, 1.54) is 0 Å². The van der Waals surface area contributed by atoms with Gasteiger partial charge in [-0.25, -0.2) is 8.78 Å². The van der Waals surface area contributed by atoms with E-state index in [9.17, 15) is 13.6 Å². The lowest BCUT2D eigenvalue weighted by Gasteiger charge is -2.09. The molecule has 17 heavy (non-hydrogen) atoms. The number of hydrogen-bond acceptors (Lipinski definition) is 4. The summed E-state index contributed by atoms with van der Waals surface area (Å²) in [5.41, 5.74) is -0.999. The van der Waals surface area contributed by atoms with Gasteiger partial charge in [0.05, 0.1) is 24.1 Å². The van der Waals surface area contributed by atoms with Gasteiger partial charge in [-0.05, 0) is 0 Å². The second-order valence-corrected chi connectivity index (χ2v) is 3.42. The maximum atomic E-state index is 12.7. The zero-order chi connectivity index (χ0) is 13.0.